The molecule has 0 aromatic heterocycles. The van der Waals surface area contributed by atoms with Crippen molar-refractivity contribution in [3.05, 3.63) is 42.5 Å². The molecule has 152 valence electrons. The molecule has 6 atom stereocenters. The molecule has 2 aliphatic carbocycles. The van der Waals surface area contributed by atoms with Crippen LogP contribution >= 0.6 is 0 Å². The first-order valence-corrected chi connectivity index (χ1v) is 10.3. The first-order valence-electron chi connectivity index (χ1n) is 10.3. The number of rotatable bonds is 4. The fraction of sp³-hybridized carbons (Fsp3) is 0.522. The smallest absolute Gasteiger partial charge is 0.234 e. The first kappa shape index (κ1) is 18.4. The molecule has 0 radical (unpaired) electrons. The summed E-state index contributed by atoms with van der Waals surface area (Å²) in [4.78, 5) is 33.6. The van der Waals surface area contributed by atoms with Crippen molar-refractivity contribution in [3.63, 3.8) is 0 Å². The molecule has 6 nitrogen and oxygen atoms in total. The molecular formula is C23H26N2O4. The molecule has 0 spiro atoms. The lowest BCUT2D eigenvalue weighted by atomic mass is 9.71. The van der Waals surface area contributed by atoms with Crippen LogP contribution in [-0.4, -0.2) is 40.7 Å². The third-order valence-electron chi connectivity index (χ3n) is 6.88. The van der Waals surface area contributed by atoms with Crippen LogP contribution in [0, 0.1) is 29.6 Å². The van der Waals surface area contributed by atoms with E-state index in [0.29, 0.717) is 6.61 Å². The third kappa shape index (κ3) is 2.51. The van der Waals surface area contributed by atoms with Crippen LogP contribution in [0.3, 0.4) is 0 Å². The van der Waals surface area contributed by atoms with Crippen molar-refractivity contribution in [1.82, 2.24) is 4.90 Å². The van der Waals surface area contributed by atoms with Gasteiger partial charge in [0.2, 0.25) is 11.8 Å². The van der Waals surface area contributed by atoms with Crippen LogP contribution in [0.25, 0.3) is 0 Å². The van der Waals surface area contributed by atoms with Gasteiger partial charge in [-0.2, -0.15) is 0 Å². The van der Waals surface area contributed by atoms with Gasteiger partial charge in [0, 0.05) is 22.9 Å². The van der Waals surface area contributed by atoms with Crippen LogP contribution in [0.4, 0.5) is 0 Å². The number of likely N-dealkylation sites (tertiary alicyclic amines) is 1. The normalized spacial score (nSPS) is 34.7. The maximum absolute atomic E-state index is 13.2. The molecule has 2 heterocycles. The van der Waals surface area contributed by atoms with Crippen LogP contribution < -0.4 is 4.74 Å². The minimum Gasteiger partial charge on any atom is -0.490 e. The van der Waals surface area contributed by atoms with Gasteiger partial charge < -0.3 is 9.57 Å². The molecule has 1 aromatic rings. The van der Waals surface area contributed by atoms with Crippen LogP contribution in [0.5, 0.6) is 5.75 Å². The minimum atomic E-state index is -0.494. The molecule has 0 N–H and O–H groups in total. The largest absolute Gasteiger partial charge is 0.490 e. The van der Waals surface area contributed by atoms with E-state index >= 15 is 0 Å². The van der Waals surface area contributed by atoms with E-state index < -0.39 is 5.54 Å². The molecule has 2 amide bonds. The maximum Gasteiger partial charge on any atom is 0.234 e. The molecular weight excluding hydrogens is 368 g/mol. The number of oxime groups is 1. The van der Waals surface area contributed by atoms with Crippen molar-refractivity contribution in [1.29, 1.82) is 0 Å². The summed E-state index contributed by atoms with van der Waals surface area (Å²) in [5, 5.41) is 4.39. The van der Waals surface area contributed by atoms with Crippen molar-refractivity contribution >= 4 is 17.5 Å². The van der Waals surface area contributed by atoms with E-state index in [4.69, 9.17) is 9.57 Å². The number of ether oxygens (including phenoxy) is 1. The standard InChI is InChI=1S/C23H26N2O4/c1-5-10-28-13-8-6-12(7-9-13)19-18-14-11-15(20(18)29-24-19)17-16(14)21(26)25(22(17)27)23(2,3)4/h5-9,14-18,20H,1,10-11H2,2-4H3. The summed E-state index contributed by atoms with van der Waals surface area (Å²) in [5.41, 5.74) is 1.38. The molecule has 2 aliphatic heterocycles. The fourth-order valence-corrected chi connectivity index (χ4v) is 5.90. The lowest BCUT2D eigenvalue weighted by Crippen LogP contribution is -2.46. The Labute approximate surface area is 170 Å². The Kier molecular flexibility index (Phi) is 3.92. The number of imide groups is 1. The Morgan fingerprint density at radius 1 is 1.14 bits per heavy atom. The average molecular weight is 394 g/mol. The lowest BCUT2D eigenvalue weighted by Gasteiger charge is -2.31. The van der Waals surface area contributed by atoms with Gasteiger partial charge >= 0.3 is 0 Å². The van der Waals surface area contributed by atoms with Crippen LogP contribution in [-0.2, 0) is 14.4 Å². The number of carbonyl (C=O) groups excluding carboxylic acids is 2. The molecule has 6 heteroatoms. The molecule has 1 aromatic carbocycles. The molecule has 2 saturated carbocycles. The van der Waals surface area contributed by atoms with Gasteiger partial charge in [-0.3, -0.25) is 14.5 Å². The number of fused-ring (bicyclic) bond motifs is 8. The van der Waals surface area contributed by atoms with Crippen LogP contribution in [0.15, 0.2) is 42.1 Å². The zero-order valence-corrected chi connectivity index (χ0v) is 17.0. The SMILES string of the molecule is C=CCOc1ccc(C2=NOC3C4CC(C23)C2C(=O)N(C(C)(C)C)C(=O)C42)cc1. The summed E-state index contributed by atoms with van der Waals surface area (Å²) in [7, 11) is 0. The topological polar surface area (TPSA) is 68.2 Å². The molecule has 4 aliphatic rings. The zero-order chi connectivity index (χ0) is 20.5. The van der Waals surface area contributed by atoms with Gasteiger partial charge in [-0.05, 0) is 57.4 Å². The summed E-state index contributed by atoms with van der Waals surface area (Å²) in [5.74, 6) is 0.476. The van der Waals surface area contributed by atoms with Gasteiger partial charge in [0.1, 0.15) is 18.5 Å². The Morgan fingerprint density at radius 3 is 2.41 bits per heavy atom. The number of benzene rings is 1. The molecule has 5 rings (SSSR count). The second-order valence-electron chi connectivity index (χ2n) is 9.49. The van der Waals surface area contributed by atoms with E-state index in [-0.39, 0.29) is 47.5 Å². The van der Waals surface area contributed by atoms with Crippen molar-refractivity contribution < 1.29 is 19.2 Å². The highest BCUT2D eigenvalue weighted by Gasteiger charge is 2.71. The second kappa shape index (κ2) is 6.18. The van der Waals surface area contributed by atoms with Gasteiger partial charge in [-0.1, -0.05) is 17.8 Å². The molecule has 6 unspecified atom stereocenters. The average Bonchev–Trinajstić information content (AvgIpc) is 3.39. The quantitative estimate of drug-likeness (QED) is 0.582. The predicted octanol–water partition coefficient (Wildman–Crippen LogP) is 3.02. The van der Waals surface area contributed by atoms with Crippen LogP contribution in [0.2, 0.25) is 0 Å². The number of nitrogens with zero attached hydrogens (tertiary/aromatic N) is 2. The van der Waals surface area contributed by atoms with Gasteiger partial charge in [-0.25, -0.2) is 0 Å². The maximum atomic E-state index is 13.2. The number of carbonyl (C=O) groups is 2. The Balaban J connectivity index is 1.42. The van der Waals surface area contributed by atoms with E-state index in [1.54, 1.807) is 6.08 Å². The zero-order valence-electron chi connectivity index (χ0n) is 17.0. The van der Waals surface area contributed by atoms with Gasteiger partial charge in [0.15, 0.2) is 0 Å². The first-order chi connectivity index (χ1) is 13.8. The second-order valence-corrected chi connectivity index (χ2v) is 9.49. The van der Waals surface area contributed by atoms with Gasteiger partial charge in [-0.15, -0.1) is 0 Å². The predicted molar refractivity (Wildman–Crippen MR) is 107 cm³/mol. The Morgan fingerprint density at radius 2 is 1.79 bits per heavy atom. The van der Waals surface area contributed by atoms with Gasteiger partial charge in [0.25, 0.3) is 0 Å². The minimum absolute atomic E-state index is 0.0159. The highest BCUT2D eigenvalue weighted by atomic mass is 16.6. The van der Waals surface area contributed by atoms with Crippen molar-refractivity contribution in [2.75, 3.05) is 6.61 Å². The van der Waals surface area contributed by atoms with E-state index in [1.807, 2.05) is 45.0 Å². The van der Waals surface area contributed by atoms with E-state index in [9.17, 15) is 9.59 Å². The molecule has 1 saturated heterocycles. The summed E-state index contributed by atoms with van der Waals surface area (Å²) in [6, 6.07) is 7.79. The van der Waals surface area contributed by atoms with Crippen molar-refractivity contribution in [2.45, 2.75) is 38.8 Å². The third-order valence-corrected chi connectivity index (χ3v) is 6.88. The number of hydrogen-bond donors (Lipinski definition) is 0. The summed E-state index contributed by atoms with van der Waals surface area (Å²) >= 11 is 0. The number of hydrogen-bond acceptors (Lipinski definition) is 5. The Hall–Kier alpha value is -2.63. The van der Waals surface area contributed by atoms with Gasteiger partial charge in [0.05, 0.1) is 17.5 Å². The molecule has 29 heavy (non-hydrogen) atoms. The van der Waals surface area contributed by atoms with Crippen molar-refractivity contribution in [2.24, 2.45) is 34.7 Å². The van der Waals surface area contributed by atoms with E-state index in [2.05, 4.69) is 11.7 Å². The van der Waals surface area contributed by atoms with Crippen molar-refractivity contribution in [3.8, 4) is 5.75 Å². The highest BCUT2D eigenvalue weighted by molar-refractivity contribution is 6.09. The monoisotopic (exact) mass is 394 g/mol. The number of amides is 2. The Bertz CT molecular complexity index is 914. The van der Waals surface area contributed by atoms with E-state index in [1.165, 1.54) is 4.90 Å². The summed E-state index contributed by atoms with van der Waals surface area (Å²) in [6.45, 7) is 9.88. The lowest BCUT2D eigenvalue weighted by molar-refractivity contribution is -0.146. The molecule has 3 fully saturated rings. The summed E-state index contributed by atoms with van der Waals surface area (Å²) < 4.78 is 5.56. The van der Waals surface area contributed by atoms with E-state index in [0.717, 1.165) is 23.4 Å². The van der Waals surface area contributed by atoms with Crippen LogP contribution in [0.1, 0.15) is 32.8 Å². The molecule has 2 bridgehead atoms. The summed E-state index contributed by atoms with van der Waals surface area (Å²) in [6.07, 6.45) is 2.46. The fourth-order valence-electron chi connectivity index (χ4n) is 5.90. The highest BCUT2D eigenvalue weighted by Crippen LogP contribution is 2.62.